The third-order valence-corrected chi connectivity index (χ3v) is 3.58. The predicted octanol–water partition coefficient (Wildman–Crippen LogP) is 1.79. The number of carbonyl (C=O) groups is 1. The van der Waals surface area contributed by atoms with Gasteiger partial charge in [-0.2, -0.15) is 0 Å². The molecule has 3 rings (SSSR count). The summed E-state index contributed by atoms with van der Waals surface area (Å²) < 4.78 is 12.3. The summed E-state index contributed by atoms with van der Waals surface area (Å²) in [4.78, 5) is 22.4. The first kappa shape index (κ1) is 15.2. The number of nitrogens with zero attached hydrogens (tertiary/aromatic N) is 4. The number of benzene rings is 1. The van der Waals surface area contributed by atoms with Crippen LogP contribution in [0.4, 0.5) is 0 Å². The molecule has 0 saturated carbocycles. The Labute approximate surface area is 133 Å². The van der Waals surface area contributed by atoms with Crippen molar-refractivity contribution in [2.24, 2.45) is 0 Å². The van der Waals surface area contributed by atoms with Gasteiger partial charge in [-0.15, -0.1) is 0 Å². The first-order valence-corrected chi connectivity index (χ1v) is 7.27. The van der Waals surface area contributed by atoms with Crippen molar-refractivity contribution in [3.05, 3.63) is 48.4 Å². The van der Waals surface area contributed by atoms with Crippen LogP contribution < -0.4 is 0 Å². The SMILES string of the molecule is COCCN(C)C(=O)c1coc(Cn2cnc3ccccc32)n1. The second-order valence-corrected chi connectivity index (χ2v) is 5.21. The highest BCUT2D eigenvalue weighted by atomic mass is 16.5. The third kappa shape index (κ3) is 3.24. The third-order valence-electron chi connectivity index (χ3n) is 3.58. The van der Waals surface area contributed by atoms with Crippen LogP contribution in [0.2, 0.25) is 0 Å². The first-order valence-electron chi connectivity index (χ1n) is 7.27. The molecule has 1 amide bonds. The number of rotatable bonds is 6. The Morgan fingerprint density at radius 2 is 2.22 bits per heavy atom. The van der Waals surface area contributed by atoms with E-state index in [2.05, 4.69) is 9.97 Å². The van der Waals surface area contributed by atoms with E-state index in [9.17, 15) is 4.79 Å². The Kier molecular flexibility index (Phi) is 4.38. The molecule has 1 aromatic carbocycles. The van der Waals surface area contributed by atoms with Crippen LogP contribution in [0.3, 0.4) is 0 Å². The molecule has 0 spiro atoms. The minimum atomic E-state index is -0.187. The molecular weight excluding hydrogens is 296 g/mol. The number of carbonyl (C=O) groups excluding carboxylic acids is 1. The van der Waals surface area contributed by atoms with Crippen LogP contribution >= 0.6 is 0 Å². The molecule has 2 heterocycles. The van der Waals surface area contributed by atoms with E-state index in [1.165, 1.54) is 6.26 Å². The number of imidazole rings is 1. The van der Waals surface area contributed by atoms with Crippen molar-refractivity contribution in [3.63, 3.8) is 0 Å². The van der Waals surface area contributed by atoms with E-state index < -0.39 is 0 Å². The first-order chi connectivity index (χ1) is 11.2. The van der Waals surface area contributed by atoms with Gasteiger partial charge in [0, 0.05) is 20.7 Å². The number of likely N-dealkylation sites (N-methyl/N-ethyl adjacent to an activating group) is 1. The van der Waals surface area contributed by atoms with Crippen molar-refractivity contribution < 1.29 is 13.9 Å². The number of aromatic nitrogens is 3. The van der Waals surface area contributed by atoms with Crippen molar-refractivity contribution in [2.75, 3.05) is 27.3 Å². The van der Waals surface area contributed by atoms with Crippen LogP contribution in [0.1, 0.15) is 16.4 Å². The molecule has 0 bridgehead atoms. The standard InChI is InChI=1S/C16H18N4O3/c1-19(7-8-22-2)16(21)13-10-23-15(18-13)9-20-11-17-12-5-3-4-6-14(12)20/h3-6,10-11H,7-9H2,1-2H3. The van der Waals surface area contributed by atoms with Gasteiger partial charge in [-0.1, -0.05) is 12.1 Å². The van der Waals surface area contributed by atoms with Gasteiger partial charge in [0.25, 0.3) is 5.91 Å². The lowest BCUT2D eigenvalue weighted by molar-refractivity contribution is 0.0738. The average molecular weight is 314 g/mol. The van der Waals surface area contributed by atoms with E-state index >= 15 is 0 Å². The molecule has 0 N–H and O–H groups in total. The van der Waals surface area contributed by atoms with Crippen LogP contribution in [-0.4, -0.2) is 52.7 Å². The summed E-state index contributed by atoms with van der Waals surface area (Å²) in [5, 5.41) is 0. The second kappa shape index (κ2) is 6.62. The number of amides is 1. The highest BCUT2D eigenvalue weighted by Gasteiger charge is 2.17. The minimum Gasteiger partial charge on any atom is -0.446 e. The number of para-hydroxylation sites is 2. The van der Waals surface area contributed by atoms with Crippen molar-refractivity contribution >= 4 is 16.9 Å². The Hall–Kier alpha value is -2.67. The molecule has 7 nitrogen and oxygen atoms in total. The van der Waals surface area contributed by atoms with Gasteiger partial charge in [-0.3, -0.25) is 4.79 Å². The molecular formula is C16H18N4O3. The molecule has 23 heavy (non-hydrogen) atoms. The Balaban J connectivity index is 1.73. The van der Waals surface area contributed by atoms with Crippen molar-refractivity contribution in [2.45, 2.75) is 6.54 Å². The number of oxazole rings is 1. The zero-order valence-electron chi connectivity index (χ0n) is 13.1. The van der Waals surface area contributed by atoms with E-state index in [-0.39, 0.29) is 5.91 Å². The number of hydrogen-bond acceptors (Lipinski definition) is 5. The number of hydrogen-bond donors (Lipinski definition) is 0. The summed E-state index contributed by atoms with van der Waals surface area (Å²) in [5.41, 5.74) is 2.20. The Morgan fingerprint density at radius 3 is 3.04 bits per heavy atom. The van der Waals surface area contributed by atoms with Crippen LogP contribution in [0.15, 0.2) is 41.3 Å². The Bertz CT molecular complexity index is 808. The van der Waals surface area contributed by atoms with Gasteiger partial charge >= 0.3 is 0 Å². The van der Waals surface area contributed by atoms with Gasteiger partial charge in [0.05, 0.1) is 24.0 Å². The Morgan fingerprint density at radius 1 is 1.39 bits per heavy atom. The summed E-state index contributed by atoms with van der Waals surface area (Å²) in [6.45, 7) is 1.41. The molecule has 3 aromatic rings. The largest absolute Gasteiger partial charge is 0.446 e. The molecule has 0 aliphatic carbocycles. The van der Waals surface area contributed by atoms with Crippen molar-refractivity contribution in [3.8, 4) is 0 Å². The highest BCUT2D eigenvalue weighted by molar-refractivity contribution is 5.91. The average Bonchev–Trinajstić information content (AvgIpc) is 3.20. The molecule has 120 valence electrons. The smallest absolute Gasteiger partial charge is 0.275 e. The van der Waals surface area contributed by atoms with E-state index in [0.29, 0.717) is 31.3 Å². The van der Waals surface area contributed by atoms with Gasteiger partial charge in [0.15, 0.2) is 5.69 Å². The summed E-state index contributed by atoms with van der Waals surface area (Å²) in [7, 11) is 3.31. The topological polar surface area (TPSA) is 73.4 Å². The fourth-order valence-corrected chi connectivity index (χ4v) is 2.29. The zero-order valence-corrected chi connectivity index (χ0v) is 13.1. The summed E-state index contributed by atoms with van der Waals surface area (Å²) >= 11 is 0. The van der Waals surface area contributed by atoms with Gasteiger partial charge in [-0.25, -0.2) is 9.97 Å². The maximum Gasteiger partial charge on any atom is 0.275 e. The van der Waals surface area contributed by atoms with Crippen LogP contribution in [-0.2, 0) is 11.3 Å². The van der Waals surface area contributed by atoms with Gasteiger partial charge in [0.1, 0.15) is 12.8 Å². The lowest BCUT2D eigenvalue weighted by Crippen LogP contribution is -2.30. The molecule has 0 saturated heterocycles. The van der Waals surface area contributed by atoms with Gasteiger partial charge < -0.3 is 18.6 Å². The summed E-state index contributed by atoms with van der Waals surface area (Å²) in [5.74, 6) is 0.282. The lowest BCUT2D eigenvalue weighted by Gasteiger charge is -2.14. The summed E-state index contributed by atoms with van der Waals surface area (Å²) in [6, 6.07) is 7.82. The fourth-order valence-electron chi connectivity index (χ4n) is 2.29. The lowest BCUT2D eigenvalue weighted by atomic mass is 10.3. The minimum absolute atomic E-state index is 0.187. The van der Waals surface area contributed by atoms with Gasteiger partial charge in [0.2, 0.25) is 5.89 Å². The molecule has 7 heteroatoms. The number of methoxy groups -OCH3 is 1. The maximum absolute atomic E-state index is 12.2. The molecule has 0 aliphatic heterocycles. The monoisotopic (exact) mass is 314 g/mol. The van der Waals surface area contributed by atoms with E-state index in [4.69, 9.17) is 9.15 Å². The number of ether oxygens (including phenoxy) is 1. The van der Waals surface area contributed by atoms with Crippen molar-refractivity contribution in [1.82, 2.24) is 19.4 Å². The zero-order chi connectivity index (χ0) is 16.2. The highest BCUT2D eigenvalue weighted by Crippen LogP contribution is 2.14. The quantitative estimate of drug-likeness (QED) is 0.693. The predicted molar refractivity (Wildman–Crippen MR) is 84.2 cm³/mol. The fraction of sp³-hybridized carbons (Fsp3) is 0.312. The molecule has 0 atom stereocenters. The van der Waals surface area contributed by atoms with E-state index in [1.54, 1.807) is 25.4 Å². The molecule has 0 radical (unpaired) electrons. The van der Waals surface area contributed by atoms with Crippen LogP contribution in [0.25, 0.3) is 11.0 Å². The van der Waals surface area contributed by atoms with Gasteiger partial charge in [-0.05, 0) is 12.1 Å². The number of fused-ring (bicyclic) bond motifs is 1. The molecule has 0 unspecified atom stereocenters. The normalized spacial score (nSPS) is 11.0. The second-order valence-electron chi connectivity index (χ2n) is 5.21. The van der Waals surface area contributed by atoms with E-state index in [0.717, 1.165) is 11.0 Å². The van der Waals surface area contributed by atoms with Crippen LogP contribution in [0.5, 0.6) is 0 Å². The van der Waals surface area contributed by atoms with E-state index in [1.807, 2.05) is 28.8 Å². The van der Waals surface area contributed by atoms with Crippen LogP contribution in [0, 0.1) is 0 Å². The molecule has 0 fully saturated rings. The maximum atomic E-state index is 12.2. The summed E-state index contributed by atoms with van der Waals surface area (Å²) in [6.07, 6.45) is 3.13. The molecule has 2 aromatic heterocycles. The van der Waals surface area contributed by atoms with Crippen molar-refractivity contribution in [1.29, 1.82) is 0 Å². The molecule has 0 aliphatic rings.